The number of rotatable bonds is 10. The molecule has 0 aromatic heterocycles. The van der Waals surface area contributed by atoms with Gasteiger partial charge in [-0.15, -0.1) is 0 Å². The summed E-state index contributed by atoms with van der Waals surface area (Å²) in [5, 5.41) is 2.73. The fourth-order valence-corrected chi connectivity index (χ4v) is 4.85. The molecule has 0 aliphatic carbocycles. The Bertz CT molecular complexity index is 1170. The minimum absolute atomic E-state index is 0.128. The number of unbranched alkanes of at least 4 members (excludes halogenated alkanes) is 1. The molecule has 2 N–H and O–H groups in total. The molecule has 8 nitrogen and oxygen atoms in total. The van der Waals surface area contributed by atoms with E-state index in [1.807, 2.05) is 6.92 Å². The topological polar surface area (TPSA) is 108 Å². The first-order valence-corrected chi connectivity index (χ1v) is 12.7. The van der Waals surface area contributed by atoms with Crippen LogP contribution in [0.4, 0.5) is 4.39 Å². The Morgan fingerprint density at radius 2 is 1.82 bits per heavy atom. The number of carbonyl (C=O) groups excluding carboxylic acids is 2. The van der Waals surface area contributed by atoms with Crippen molar-refractivity contribution < 1.29 is 22.4 Å². The number of sulfonamides is 1. The van der Waals surface area contributed by atoms with E-state index >= 15 is 0 Å². The lowest BCUT2D eigenvalue weighted by Gasteiger charge is -2.24. The van der Waals surface area contributed by atoms with Crippen LogP contribution < -0.4 is 10.0 Å². The second-order valence-corrected chi connectivity index (χ2v) is 9.64. The summed E-state index contributed by atoms with van der Waals surface area (Å²) in [5.41, 5.74) is 1.17. The molecule has 0 radical (unpaired) electrons. The van der Waals surface area contributed by atoms with Crippen LogP contribution in [0.1, 0.15) is 44.2 Å². The molecule has 2 aromatic carbocycles. The number of aliphatic imine (C=N–C) groups is 1. The van der Waals surface area contributed by atoms with Crippen LogP contribution in [-0.2, 0) is 26.2 Å². The summed E-state index contributed by atoms with van der Waals surface area (Å²) in [6.45, 7) is 4.10. The highest BCUT2D eigenvalue weighted by Gasteiger charge is 2.32. The van der Waals surface area contributed by atoms with Crippen molar-refractivity contribution in [1.82, 2.24) is 14.9 Å². The monoisotopic (exact) mass is 488 g/mol. The van der Waals surface area contributed by atoms with Gasteiger partial charge >= 0.3 is 0 Å². The van der Waals surface area contributed by atoms with E-state index in [0.29, 0.717) is 18.5 Å². The van der Waals surface area contributed by atoms with Crippen molar-refractivity contribution in [1.29, 1.82) is 0 Å². The Morgan fingerprint density at radius 3 is 2.50 bits per heavy atom. The van der Waals surface area contributed by atoms with E-state index in [-0.39, 0.29) is 41.5 Å². The van der Waals surface area contributed by atoms with Gasteiger partial charge in [-0.3, -0.25) is 19.3 Å². The third kappa shape index (κ3) is 6.19. The predicted molar refractivity (Wildman–Crippen MR) is 127 cm³/mol. The van der Waals surface area contributed by atoms with Gasteiger partial charge in [-0.1, -0.05) is 44.0 Å². The molecule has 1 aliphatic rings. The number of carbonyl (C=O) groups is 2. The highest BCUT2D eigenvalue weighted by molar-refractivity contribution is 7.90. The second-order valence-electron chi connectivity index (χ2n) is 7.99. The molecule has 0 fully saturated rings. The molecule has 1 unspecified atom stereocenters. The summed E-state index contributed by atoms with van der Waals surface area (Å²) in [6.07, 6.45) is 1.98. The lowest BCUT2D eigenvalue weighted by Crippen LogP contribution is -2.45. The Morgan fingerprint density at radius 1 is 1.12 bits per heavy atom. The van der Waals surface area contributed by atoms with Crippen molar-refractivity contribution in [3.8, 4) is 0 Å². The third-order valence-corrected chi connectivity index (χ3v) is 6.89. The molecular weight excluding hydrogens is 459 g/mol. The van der Waals surface area contributed by atoms with E-state index in [4.69, 9.17) is 0 Å². The molecule has 0 saturated carbocycles. The smallest absolute Gasteiger partial charge is 0.263 e. The highest BCUT2D eigenvalue weighted by Crippen LogP contribution is 2.23. The fraction of sp³-hybridized carbons (Fsp3) is 0.375. The lowest BCUT2D eigenvalue weighted by molar-refractivity contribution is -0.137. The van der Waals surface area contributed by atoms with Gasteiger partial charge in [-0.05, 0) is 43.2 Å². The molecule has 1 heterocycles. The molecule has 182 valence electrons. The van der Waals surface area contributed by atoms with Gasteiger partial charge in [0.15, 0.2) is 0 Å². The van der Waals surface area contributed by atoms with Crippen LogP contribution in [0.5, 0.6) is 0 Å². The Labute approximate surface area is 199 Å². The molecule has 0 bridgehead atoms. The molecule has 2 amide bonds. The van der Waals surface area contributed by atoms with E-state index < -0.39 is 16.1 Å². The van der Waals surface area contributed by atoms with Gasteiger partial charge in [0.25, 0.3) is 10.0 Å². The maximum absolute atomic E-state index is 13.3. The van der Waals surface area contributed by atoms with Crippen LogP contribution in [0.25, 0.3) is 0 Å². The quantitative estimate of drug-likeness (QED) is 0.536. The number of hydrogen-bond acceptors (Lipinski definition) is 5. The van der Waals surface area contributed by atoms with Gasteiger partial charge in [-0.25, -0.2) is 12.8 Å². The van der Waals surface area contributed by atoms with E-state index in [1.54, 1.807) is 37.3 Å². The van der Waals surface area contributed by atoms with Crippen molar-refractivity contribution in [3.63, 3.8) is 0 Å². The van der Waals surface area contributed by atoms with Crippen LogP contribution >= 0.6 is 0 Å². The van der Waals surface area contributed by atoms with Crippen molar-refractivity contribution in [3.05, 3.63) is 65.5 Å². The average molecular weight is 489 g/mol. The number of fused-ring (bicyclic) bond motifs is 1. The van der Waals surface area contributed by atoms with Crippen LogP contribution in [0.2, 0.25) is 0 Å². The van der Waals surface area contributed by atoms with E-state index in [1.165, 1.54) is 23.1 Å². The zero-order valence-corrected chi connectivity index (χ0v) is 20.1. The standard InChI is InChI=1S/C24H29FN4O4S/c1-3-5-9-20(27-23-19-8-6-7-10-21(19)34(32,33)28-23)24(31)29(4-2)16-22(30)26-15-17-11-13-18(25)14-12-17/h6-8,10-14,20H,3-5,9,15-16H2,1-2H3,(H,26,30)(H,27,28). The number of amidine groups is 1. The molecule has 34 heavy (non-hydrogen) atoms. The normalized spacial score (nSPS) is 15.9. The second kappa shape index (κ2) is 11.2. The fourth-order valence-electron chi connectivity index (χ4n) is 3.61. The van der Waals surface area contributed by atoms with Gasteiger partial charge < -0.3 is 10.2 Å². The summed E-state index contributed by atoms with van der Waals surface area (Å²) >= 11 is 0. The van der Waals surface area contributed by atoms with Crippen LogP contribution in [-0.4, -0.2) is 50.1 Å². The van der Waals surface area contributed by atoms with Gasteiger partial charge in [0.05, 0.1) is 11.4 Å². The highest BCUT2D eigenvalue weighted by atomic mass is 32.2. The average Bonchev–Trinajstić information content (AvgIpc) is 3.09. The molecule has 2 aromatic rings. The summed E-state index contributed by atoms with van der Waals surface area (Å²) in [6, 6.07) is 11.4. The third-order valence-electron chi connectivity index (χ3n) is 5.49. The van der Waals surface area contributed by atoms with Crippen molar-refractivity contribution in [2.75, 3.05) is 13.1 Å². The number of halogens is 1. The summed E-state index contributed by atoms with van der Waals surface area (Å²) in [4.78, 5) is 31.8. The lowest BCUT2D eigenvalue weighted by atomic mass is 10.1. The number of benzene rings is 2. The van der Waals surface area contributed by atoms with Crippen LogP contribution in [0.3, 0.4) is 0 Å². The molecule has 1 atom stereocenters. The van der Waals surface area contributed by atoms with Crippen molar-refractivity contribution >= 4 is 27.7 Å². The van der Waals surface area contributed by atoms with Gasteiger partial charge in [0.1, 0.15) is 17.7 Å². The number of nitrogens with one attached hydrogen (secondary N) is 2. The van der Waals surface area contributed by atoms with Gasteiger partial charge in [0, 0.05) is 18.7 Å². The summed E-state index contributed by atoms with van der Waals surface area (Å²) in [7, 11) is -3.72. The van der Waals surface area contributed by atoms with Crippen molar-refractivity contribution in [2.24, 2.45) is 4.99 Å². The van der Waals surface area contributed by atoms with E-state index in [9.17, 15) is 22.4 Å². The maximum atomic E-state index is 13.3. The number of nitrogens with zero attached hydrogens (tertiary/aromatic N) is 2. The molecule has 0 saturated heterocycles. The molecular formula is C24H29FN4O4S. The number of likely N-dealkylation sites (N-methyl/N-ethyl adjacent to an activating group) is 1. The molecule has 10 heteroatoms. The maximum Gasteiger partial charge on any atom is 0.263 e. The minimum atomic E-state index is -3.72. The van der Waals surface area contributed by atoms with Crippen LogP contribution in [0, 0.1) is 5.82 Å². The first kappa shape index (κ1) is 25.4. The zero-order chi connectivity index (χ0) is 24.7. The minimum Gasteiger partial charge on any atom is -0.350 e. The number of hydrogen-bond donors (Lipinski definition) is 2. The first-order valence-electron chi connectivity index (χ1n) is 11.2. The molecule has 1 aliphatic heterocycles. The van der Waals surface area contributed by atoms with Crippen LogP contribution in [0.15, 0.2) is 58.4 Å². The zero-order valence-electron chi connectivity index (χ0n) is 19.3. The Hall–Kier alpha value is -3.27. The van der Waals surface area contributed by atoms with E-state index in [0.717, 1.165) is 18.4 Å². The Kier molecular flexibility index (Phi) is 8.38. The Balaban J connectivity index is 1.73. The summed E-state index contributed by atoms with van der Waals surface area (Å²) in [5.74, 6) is -0.913. The summed E-state index contributed by atoms with van der Waals surface area (Å²) < 4.78 is 40.3. The van der Waals surface area contributed by atoms with Crippen molar-refractivity contribution in [2.45, 2.75) is 50.6 Å². The van der Waals surface area contributed by atoms with Gasteiger partial charge in [-0.2, -0.15) is 0 Å². The SMILES string of the molecule is CCCCC(N=C1NS(=O)(=O)c2ccccc21)C(=O)N(CC)CC(=O)NCc1ccc(F)cc1. The number of amides is 2. The largest absolute Gasteiger partial charge is 0.350 e. The first-order chi connectivity index (χ1) is 16.2. The van der Waals surface area contributed by atoms with E-state index in [2.05, 4.69) is 15.0 Å². The molecule has 0 spiro atoms. The van der Waals surface area contributed by atoms with Gasteiger partial charge in [0.2, 0.25) is 11.8 Å². The molecule has 3 rings (SSSR count). The predicted octanol–water partition coefficient (Wildman–Crippen LogP) is 2.59.